The third-order valence-corrected chi connectivity index (χ3v) is 7.00. The SMILES string of the molecule is CC(C)(C)OC(=O)OC(=O)OC(C)(C)C.CNCC(OC)OC.CNCC=O.COC(CN)OC.COC(CNC(=O)OC(C)(C)C)OC.COS(=O)(=O)c1ccc(C)cc1.Cl. The van der Waals surface area contributed by atoms with Gasteiger partial charge in [-0.3, -0.25) is 4.18 Å². The second-order valence-electron chi connectivity index (χ2n) is 14.6. The minimum atomic E-state index is -3.51. The Hall–Kier alpha value is -3.26. The number of aryl methyl sites for hydroxylation is 1. The summed E-state index contributed by atoms with van der Waals surface area (Å²) in [7, 11) is 10.6. The van der Waals surface area contributed by atoms with E-state index in [0.29, 0.717) is 13.1 Å². The van der Waals surface area contributed by atoms with Crippen molar-refractivity contribution in [2.24, 2.45) is 5.73 Å². The van der Waals surface area contributed by atoms with E-state index in [0.717, 1.165) is 25.5 Å². The molecule has 23 heteroatoms. The number of methoxy groups -OCH3 is 6. The number of ether oxygens (including phenoxy) is 10. The zero-order chi connectivity index (χ0) is 48.9. The Morgan fingerprint density at radius 2 is 1.02 bits per heavy atom. The van der Waals surface area contributed by atoms with E-state index in [1.54, 1.807) is 110 Å². The summed E-state index contributed by atoms with van der Waals surface area (Å²) in [6.07, 6.45) is -2.56. The normalized spacial score (nSPS) is 10.8. The maximum atomic E-state index is 11.2. The molecule has 0 spiro atoms. The molecule has 0 aliphatic carbocycles. The lowest BCUT2D eigenvalue weighted by atomic mass is 10.2. The maximum absolute atomic E-state index is 11.2. The molecule has 1 rings (SSSR count). The van der Waals surface area contributed by atoms with Crippen LogP contribution in [0.25, 0.3) is 0 Å². The van der Waals surface area contributed by atoms with Gasteiger partial charge in [-0.1, -0.05) is 17.7 Å². The molecule has 0 atom stereocenters. The minimum absolute atomic E-state index is 0. The number of alkyl carbamates (subject to hydrolysis) is 1. The number of halogens is 1. The van der Waals surface area contributed by atoms with Gasteiger partial charge in [-0.2, -0.15) is 8.42 Å². The van der Waals surface area contributed by atoms with E-state index in [-0.39, 0.29) is 36.4 Å². The summed E-state index contributed by atoms with van der Waals surface area (Å²) in [5.41, 5.74) is 4.29. The quantitative estimate of drug-likeness (QED) is 0.0469. The number of carbonyl (C=O) groups is 4. The Labute approximate surface area is 376 Å². The first-order chi connectivity index (χ1) is 28.0. The number of carbonyl (C=O) groups excluding carboxylic acids is 4. The van der Waals surface area contributed by atoms with Crippen molar-refractivity contribution in [3.8, 4) is 0 Å². The molecule has 62 heavy (non-hydrogen) atoms. The van der Waals surface area contributed by atoms with Crippen LogP contribution in [-0.4, -0.2) is 159 Å². The predicted octanol–water partition coefficient (Wildman–Crippen LogP) is 4.55. The molecule has 1 aromatic carbocycles. The van der Waals surface area contributed by atoms with Crippen LogP contribution in [0.3, 0.4) is 0 Å². The second-order valence-corrected chi connectivity index (χ2v) is 16.3. The van der Waals surface area contributed by atoms with Crippen molar-refractivity contribution in [1.82, 2.24) is 16.0 Å². The number of hydrogen-bond acceptors (Lipinski definition) is 20. The van der Waals surface area contributed by atoms with Gasteiger partial charge >= 0.3 is 18.4 Å². The van der Waals surface area contributed by atoms with Crippen LogP contribution < -0.4 is 21.7 Å². The van der Waals surface area contributed by atoms with Gasteiger partial charge in [0.25, 0.3) is 10.1 Å². The largest absolute Gasteiger partial charge is 0.519 e. The van der Waals surface area contributed by atoms with E-state index in [1.807, 2.05) is 14.0 Å². The monoisotopic (exact) mass is 942 g/mol. The molecule has 0 bridgehead atoms. The van der Waals surface area contributed by atoms with Crippen LogP contribution in [0.5, 0.6) is 0 Å². The molecule has 0 saturated heterocycles. The number of rotatable bonds is 15. The van der Waals surface area contributed by atoms with E-state index in [9.17, 15) is 27.6 Å². The molecule has 0 heterocycles. The lowest BCUT2D eigenvalue weighted by Gasteiger charge is -2.21. The Morgan fingerprint density at radius 1 is 0.645 bits per heavy atom. The van der Waals surface area contributed by atoms with Crippen molar-refractivity contribution in [3.05, 3.63) is 29.8 Å². The number of hydrogen-bond donors (Lipinski definition) is 4. The Morgan fingerprint density at radius 3 is 1.24 bits per heavy atom. The Kier molecular flexibility index (Phi) is 46.0. The highest BCUT2D eigenvalue weighted by Gasteiger charge is 2.24. The third-order valence-electron chi connectivity index (χ3n) is 5.71. The molecule has 0 aromatic heterocycles. The van der Waals surface area contributed by atoms with Crippen LogP contribution in [0.2, 0.25) is 0 Å². The molecule has 0 saturated carbocycles. The zero-order valence-corrected chi connectivity index (χ0v) is 41.9. The van der Waals surface area contributed by atoms with E-state index >= 15 is 0 Å². The molecule has 370 valence electrons. The molecular weight excluding hydrogens is 864 g/mol. The van der Waals surface area contributed by atoms with E-state index in [1.165, 1.54) is 26.4 Å². The fourth-order valence-corrected chi connectivity index (χ4v) is 3.62. The molecule has 1 aromatic rings. The number of likely N-dealkylation sites (N-methyl/N-ethyl adjacent to an activating group) is 2. The highest BCUT2D eigenvalue weighted by Crippen LogP contribution is 2.13. The Balaban J connectivity index is -0.000000156. The average Bonchev–Trinajstić information content (AvgIpc) is 3.14. The van der Waals surface area contributed by atoms with Gasteiger partial charge in [0, 0.05) is 55.7 Å². The standard InChI is InChI=1S/C10H18O5.C9H19NO4.C8H10O3S.C5H13NO2.C4H11NO2.C3H7NO.ClH/c1-9(2,3)14-7(11)13-8(12)15-10(4,5)6;1-9(2,3)14-8(11)10-6-7(12-4)13-5;1-7-3-5-8(6-4-7)12(9,10)11-2;1-6-4-5(7-2)8-3;1-6-4(3-5)7-2;1-4-2-3-5;/h1-6H3;7H,6H2,1-5H3,(H,10,11);3-6H,1-2H3;5-6H,4H2,1-3H3;4H,3,5H2,1-2H3;3-4H,2H2,1H3;1H. The second kappa shape index (κ2) is 40.5. The van der Waals surface area contributed by atoms with Crippen molar-refractivity contribution in [2.75, 3.05) is 90.0 Å². The van der Waals surface area contributed by atoms with Gasteiger partial charge in [0.2, 0.25) is 0 Å². The van der Waals surface area contributed by atoms with Gasteiger partial charge in [0.05, 0.1) is 25.1 Å². The minimum Gasteiger partial charge on any atom is -0.444 e. The zero-order valence-electron chi connectivity index (χ0n) is 40.3. The molecule has 0 unspecified atom stereocenters. The van der Waals surface area contributed by atoms with Crippen LogP contribution in [0.15, 0.2) is 29.2 Å². The van der Waals surface area contributed by atoms with Crippen LogP contribution in [-0.2, 0) is 66.5 Å². The van der Waals surface area contributed by atoms with Gasteiger partial charge < -0.3 is 73.8 Å². The number of amides is 1. The van der Waals surface area contributed by atoms with Crippen LogP contribution in [0.4, 0.5) is 14.4 Å². The topological polar surface area (TPSA) is 266 Å². The molecule has 1 amide bonds. The van der Waals surface area contributed by atoms with Crippen LogP contribution >= 0.6 is 12.4 Å². The molecule has 0 radical (unpaired) electrons. The highest BCUT2D eigenvalue weighted by molar-refractivity contribution is 7.86. The first-order valence-electron chi connectivity index (χ1n) is 18.6. The average molecular weight is 944 g/mol. The number of nitrogens with two attached hydrogens (primary N) is 1. The number of benzene rings is 1. The number of aldehydes is 1. The number of nitrogens with one attached hydrogen (secondary N) is 3. The molecular formula is C39H79ClN4O17S. The van der Waals surface area contributed by atoms with Crippen molar-refractivity contribution >= 4 is 47.2 Å². The molecule has 0 aliphatic rings. The summed E-state index contributed by atoms with van der Waals surface area (Å²) >= 11 is 0. The summed E-state index contributed by atoms with van der Waals surface area (Å²) < 4.78 is 74.2. The third kappa shape index (κ3) is 51.1. The molecule has 0 aliphatic heterocycles. The highest BCUT2D eigenvalue weighted by atomic mass is 35.5. The molecule has 5 N–H and O–H groups in total. The van der Waals surface area contributed by atoms with Crippen molar-refractivity contribution in [3.63, 3.8) is 0 Å². The first kappa shape index (κ1) is 70.4. The fraction of sp³-hybridized carbons (Fsp3) is 0.744. The van der Waals surface area contributed by atoms with Gasteiger partial charge in [0.1, 0.15) is 23.1 Å². The van der Waals surface area contributed by atoms with E-state index in [2.05, 4.69) is 24.9 Å². The Bertz CT molecular complexity index is 1310. The lowest BCUT2D eigenvalue weighted by Crippen LogP contribution is -2.38. The smallest absolute Gasteiger partial charge is 0.444 e. The van der Waals surface area contributed by atoms with E-state index < -0.39 is 51.6 Å². The molecule has 21 nitrogen and oxygen atoms in total. The van der Waals surface area contributed by atoms with Crippen LogP contribution in [0.1, 0.15) is 67.9 Å². The molecule has 0 fully saturated rings. The summed E-state index contributed by atoms with van der Waals surface area (Å²) in [6.45, 7) is 19.2. The van der Waals surface area contributed by atoms with Crippen molar-refractivity contribution < 1.29 is 79.1 Å². The maximum Gasteiger partial charge on any atom is 0.519 e. The van der Waals surface area contributed by atoms with Crippen molar-refractivity contribution in [2.45, 2.75) is 110 Å². The van der Waals surface area contributed by atoms with E-state index in [4.69, 9.17) is 48.4 Å². The van der Waals surface area contributed by atoms with Gasteiger partial charge in [-0.05, 0) is 95.5 Å². The summed E-state index contributed by atoms with van der Waals surface area (Å²) in [6, 6.07) is 6.50. The van der Waals surface area contributed by atoms with Gasteiger partial charge in [-0.15, -0.1) is 12.4 Å². The summed E-state index contributed by atoms with van der Waals surface area (Å²) in [4.78, 5) is 42.7. The fourth-order valence-electron chi connectivity index (χ4n) is 2.96. The lowest BCUT2D eigenvalue weighted by molar-refractivity contribution is -0.107. The predicted molar refractivity (Wildman–Crippen MR) is 237 cm³/mol. The van der Waals surface area contributed by atoms with Gasteiger partial charge in [-0.25, -0.2) is 14.4 Å². The first-order valence-corrected chi connectivity index (χ1v) is 20.0. The van der Waals surface area contributed by atoms with Crippen molar-refractivity contribution in [1.29, 1.82) is 0 Å². The summed E-state index contributed by atoms with van der Waals surface area (Å²) in [5.74, 6) is 0. The van der Waals surface area contributed by atoms with Gasteiger partial charge in [0.15, 0.2) is 18.9 Å². The van der Waals surface area contributed by atoms with Crippen LogP contribution in [0, 0.1) is 6.92 Å². The summed E-state index contributed by atoms with van der Waals surface area (Å²) in [5, 5.41) is 8.10.